The van der Waals surface area contributed by atoms with Crippen molar-refractivity contribution in [1.29, 1.82) is 0 Å². The highest BCUT2D eigenvalue weighted by molar-refractivity contribution is 5.94. The zero-order chi connectivity index (χ0) is 15.0. The molecule has 0 heterocycles. The van der Waals surface area contributed by atoms with E-state index in [1.54, 1.807) is 0 Å². The van der Waals surface area contributed by atoms with E-state index >= 15 is 0 Å². The van der Waals surface area contributed by atoms with Crippen LogP contribution in [-0.4, -0.2) is 31.7 Å². The Morgan fingerprint density at radius 3 is 2.75 bits per heavy atom. The molecule has 0 aliphatic carbocycles. The van der Waals surface area contributed by atoms with Crippen molar-refractivity contribution >= 4 is 12.0 Å². The molecule has 106 valence electrons. The minimum atomic E-state index is -0.937. The Labute approximate surface area is 115 Å². The molecule has 0 aromatic heterocycles. The Morgan fingerprint density at radius 1 is 1.40 bits per heavy atom. The van der Waals surface area contributed by atoms with Crippen molar-refractivity contribution in [2.24, 2.45) is 11.5 Å². The minimum Gasteiger partial charge on any atom is -0.448 e. The van der Waals surface area contributed by atoms with E-state index in [1.807, 2.05) is 0 Å². The zero-order valence-electron chi connectivity index (χ0n) is 10.6. The molecule has 0 unspecified atom stereocenters. The van der Waals surface area contributed by atoms with E-state index in [1.165, 1.54) is 12.1 Å². The van der Waals surface area contributed by atoms with Crippen LogP contribution < -0.4 is 16.8 Å². The number of nitrogens with one attached hydrogen (secondary N) is 1. The number of carbonyl (C=O) groups is 2. The van der Waals surface area contributed by atoms with Gasteiger partial charge >= 0.3 is 6.09 Å². The van der Waals surface area contributed by atoms with Gasteiger partial charge < -0.3 is 21.5 Å². The van der Waals surface area contributed by atoms with Crippen molar-refractivity contribution in [1.82, 2.24) is 5.32 Å². The number of hydrogen-bond donors (Lipinski definition) is 3. The molecule has 0 saturated carbocycles. The number of rotatable bonds is 4. The molecule has 0 saturated heterocycles. The normalized spacial score (nSPS) is 9.30. The first kappa shape index (κ1) is 15.5. The Bertz CT molecular complexity index is 564. The molecule has 5 N–H and O–H groups in total. The van der Waals surface area contributed by atoms with Crippen LogP contribution in [0.4, 0.5) is 9.18 Å². The van der Waals surface area contributed by atoms with Crippen molar-refractivity contribution in [2.45, 2.75) is 0 Å². The topological polar surface area (TPSA) is 107 Å². The maximum atomic E-state index is 13.7. The van der Waals surface area contributed by atoms with Gasteiger partial charge in [0.1, 0.15) is 12.4 Å². The van der Waals surface area contributed by atoms with Crippen molar-refractivity contribution in [3.05, 3.63) is 35.1 Å². The van der Waals surface area contributed by atoms with Crippen LogP contribution >= 0.6 is 0 Å². The highest BCUT2D eigenvalue weighted by Crippen LogP contribution is 2.09. The van der Waals surface area contributed by atoms with Gasteiger partial charge in [-0.25, -0.2) is 9.18 Å². The lowest BCUT2D eigenvalue weighted by Gasteiger charge is -2.06. The van der Waals surface area contributed by atoms with Crippen molar-refractivity contribution in [3.63, 3.8) is 0 Å². The van der Waals surface area contributed by atoms with Crippen molar-refractivity contribution in [3.8, 4) is 11.8 Å². The first-order valence-electron chi connectivity index (χ1n) is 5.73. The van der Waals surface area contributed by atoms with Gasteiger partial charge in [-0.2, -0.15) is 0 Å². The van der Waals surface area contributed by atoms with E-state index in [-0.39, 0.29) is 25.3 Å². The predicted octanol–water partition coefficient (Wildman–Crippen LogP) is -0.0390. The second-order valence-corrected chi connectivity index (χ2v) is 3.62. The fraction of sp³-hybridized carbons (Fsp3) is 0.231. The van der Waals surface area contributed by atoms with E-state index in [0.29, 0.717) is 5.56 Å². The van der Waals surface area contributed by atoms with E-state index < -0.39 is 17.8 Å². The first-order valence-corrected chi connectivity index (χ1v) is 5.73. The second-order valence-electron chi connectivity index (χ2n) is 3.62. The van der Waals surface area contributed by atoms with Gasteiger partial charge in [-0.1, -0.05) is 11.8 Å². The third-order valence-electron chi connectivity index (χ3n) is 2.18. The number of amides is 2. The van der Waals surface area contributed by atoms with Gasteiger partial charge in [-0.05, 0) is 18.2 Å². The average Bonchev–Trinajstić information content (AvgIpc) is 2.41. The number of primary amides is 1. The molecule has 7 heteroatoms. The minimum absolute atomic E-state index is 0.0376. The zero-order valence-corrected chi connectivity index (χ0v) is 10.6. The lowest BCUT2D eigenvalue weighted by atomic mass is 10.1. The molecule has 0 aliphatic heterocycles. The van der Waals surface area contributed by atoms with Crippen LogP contribution in [0.5, 0.6) is 0 Å². The van der Waals surface area contributed by atoms with Gasteiger partial charge in [-0.3, -0.25) is 4.79 Å². The van der Waals surface area contributed by atoms with Gasteiger partial charge in [0.25, 0.3) is 5.91 Å². The molecule has 0 fully saturated rings. The van der Waals surface area contributed by atoms with Gasteiger partial charge in [0.05, 0.1) is 18.7 Å². The Hall–Kier alpha value is -2.59. The van der Waals surface area contributed by atoms with E-state index in [2.05, 4.69) is 21.9 Å². The predicted molar refractivity (Wildman–Crippen MR) is 70.2 cm³/mol. The molecular formula is C13H14FN3O3. The molecule has 2 amide bonds. The first-order chi connectivity index (χ1) is 9.54. The fourth-order valence-corrected chi connectivity index (χ4v) is 1.34. The molecule has 20 heavy (non-hydrogen) atoms. The van der Waals surface area contributed by atoms with Crippen LogP contribution in [0.3, 0.4) is 0 Å². The summed E-state index contributed by atoms with van der Waals surface area (Å²) in [5.41, 5.74) is 10.3. The number of carbonyl (C=O) groups excluding carboxylic acids is 2. The monoisotopic (exact) mass is 279 g/mol. The summed E-state index contributed by atoms with van der Waals surface area (Å²) in [6.45, 7) is 0.127. The number of benzene rings is 1. The fourth-order valence-electron chi connectivity index (χ4n) is 1.34. The van der Waals surface area contributed by atoms with Gasteiger partial charge in [0.15, 0.2) is 0 Å². The molecule has 0 aliphatic rings. The van der Waals surface area contributed by atoms with Crippen LogP contribution in [0.15, 0.2) is 18.2 Å². The molecule has 0 bridgehead atoms. The molecule has 6 nitrogen and oxygen atoms in total. The number of ether oxygens (including phenoxy) is 1. The van der Waals surface area contributed by atoms with Crippen LogP contribution in [-0.2, 0) is 4.74 Å². The molecular weight excluding hydrogens is 265 g/mol. The van der Waals surface area contributed by atoms with Crippen molar-refractivity contribution in [2.75, 3.05) is 19.7 Å². The highest BCUT2D eigenvalue weighted by atomic mass is 19.1. The quantitative estimate of drug-likeness (QED) is 0.531. The standard InChI is InChI=1S/C13H14FN3O3/c14-11-8-9(2-1-5-15)3-4-10(11)12(18)17-6-7-20-13(16)19/h3-4,8H,5-7,15H2,(H2,16,19)(H,17,18). The maximum Gasteiger partial charge on any atom is 0.404 e. The van der Waals surface area contributed by atoms with E-state index in [9.17, 15) is 14.0 Å². The molecule has 1 aromatic carbocycles. The van der Waals surface area contributed by atoms with Crippen LogP contribution in [0, 0.1) is 17.7 Å². The SMILES string of the molecule is NCC#Cc1ccc(C(=O)NCCOC(N)=O)c(F)c1. The Morgan fingerprint density at radius 2 is 2.15 bits per heavy atom. The third kappa shape index (κ3) is 4.96. The van der Waals surface area contributed by atoms with Gasteiger partial charge in [-0.15, -0.1) is 0 Å². The Balaban J connectivity index is 2.62. The summed E-state index contributed by atoms with van der Waals surface area (Å²) in [7, 11) is 0. The van der Waals surface area contributed by atoms with Crippen molar-refractivity contribution < 1.29 is 18.7 Å². The summed E-state index contributed by atoms with van der Waals surface area (Å²) in [6.07, 6.45) is -0.937. The van der Waals surface area contributed by atoms with Gasteiger partial charge in [0.2, 0.25) is 0 Å². The lowest BCUT2D eigenvalue weighted by Crippen LogP contribution is -2.29. The largest absolute Gasteiger partial charge is 0.448 e. The Kier molecular flexibility index (Phi) is 6.00. The molecule has 0 spiro atoms. The molecule has 0 atom stereocenters. The summed E-state index contributed by atoms with van der Waals surface area (Å²) in [6, 6.07) is 3.98. The second kappa shape index (κ2) is 7.76. The third-order valence-corrected chi connectivity index (χ3v) is 2.18. The van der Waals surface area contributed by atoms with Gasteiger partial charge in [0, 0.05) is 5.56 Å². The number of hydrogen-bond acceptors (Lipinski definition) is 4. The maximum absolute atomic E-state index is 13.7. The summed E-state index contributed by atoms with van der Waals surface area (Å²) in [5.74, 6) is 3.93. The van der Waals surface area contributed by atoms with E-state index in [4.69, 9.17) is 11.5 Å². The number of halogens is 1. The molecule has 1 aromatic rings. The molecule has 0 radical (unpaired) electrons. The van der Waals surface area contributed by atoms with Crippen LogP contribution in [0.2, 0.25) is 0 Å². The summed E-state index contributed by atoms with van der Waals surface area (Å²) in [4.78, 5) is 22.0. The summed E-state index contributed by atoms with van der Waals surface area (Å²) in [5, 5.41) is 2.39. The van der Waals surface area contributed by atoms with E-state index in [0.717, 1.165) is 6.07 Å². The highest BCUT2D eigenvalue weighted by Gasteiger charge is 2.11. The van der Waals surface area contributed by atoms with Crippen LogP contribution in [0.25, 0.3) is 0 Å². The summed E-state index contributed by atoms with van der Waals surface area (Å²) < 4.78 is 18.1. The number of nitrogens with two attached hydrogens (primary N) is 2. The lowest BCUT2D eigenvalue weighted by molar-refractivity contribution is 0.0933. The summed E-state index contributed by atoms with van der Waals surface area (Å²) >= 11 is 0. The smallest absolute Gasteiger partial charge is 0.404 e. The average molecular weight is 279 g/mol. The van der Waals surface area contributed by atoms with Crippen LogP contribution in [0.1, 0.15) is 15.9 Å². The molecule has 1 rings (SSSR count).